The number of carbonyl (C=O) groups is 4. The molecule has 1 aliphatic heterocycles. The fraction of sp³-hybridized carbons (Fsp3) is 0.324. The van der Waals surface area contributed by atoms with Crippen LogP contribution in [-0.4, -0.2) is 34.7 Å². The van der Waals surface area contributed by atoms with Crippen LogP contribution >= 0.6 is 11.6 Å². The average Bonchev–Trinajstić information content (AvgIpc) is 3.75. The van der Waals surface area contributed by atoms with Crippen LogP contribution in [0.4, 0.5) is 5.69 Å². The number of esters is 1. The van der Waals surface area contributed by atoms with Gasteiger partial charge in [0, 0.05) is 21.5 Å². The number of ketones is 1. The lowest BCUT2D eigenvalue weighted by Gasteiger charge is -2.19. The van der Waals surface area contributed by atoms with Crippen LogP contribution in [-0.2, 0) is 14.3 Å². The zero-order chi connectivity index (χ0) is 31.4. The van der Waals surface area contributed by atoms with Crippen LogP contribution < -0.4 is 4.90 Å². The average molecular weight is 621 g/mol. The number of aromatic nitrogens is 1. The summed E-state index contributed by atoms with van der Waals surface area (Å²) in [7, 11) is 0. The minimum atomic E-state index is -0.936. The first-order valence-electron chi connectivity index (χ1n) is 15.6. The van der Waals surface area contributed by atoms with Crippen molar-refractivity contribution in [3.8, 4) is 11.3 Å². The van der Waals surface area contributed by atoms with E-state index in [-0.39, 0.29) is 35.0 Å². The van der Waals surface area contributed by atoms with Gasteiger partial charge in [0.25, 0.3) is 0 Å². The van der Waals surface area contributed by atoms with Crippen LogP contribution in [0.25, 0.3) is 22.2 Å². The highest BCUT2D eigenvalue weighted by Crippen LogP contribution is 2.56. The van der Waals surface area contributed by atoms with E-state index in [1.54, 1.807) is 66.7 Å². The molecule has 228 valence electrons. The number of halogens is 1. The molecule has 0 spiro atoms. The summed E-state index contributed by atoms with van der Waals surface area (Å²) in [6.07, 6.45) is 3.15. The molecular formula is C37H33ClN2O5. The SMILES string of the molecule is CCCC(OC(=O)c1cc(-c2ccc(N3C(=O)C4C5CCC(C5)C4C3=O)cc2)nc2c(C)c(Cl)ccc12)C(=O)c1ccccc1. The molecule has 5 unspecified atom stereocenters. The van der Waals surface area contributed by atoms with Crippen molar-refractivity contribution in [1.82, 2.24) is 4.98 Å². The molecule has 2 amide bonds. The second-order valence-electron chi connectivity index (χ2n) is 12.5. The maximum Gasteiger partial charge on any atom is 0.339 e. The molecule has 3 fully saturated rings. The monoisotopic (exact) mass is 620 g/mol. The van der Waals surface area contributed by atoms with E-state index in [4.69, 9.17) is 21.3 Å². The van der Waals surface area contributed by atoms with Gasteiger partial charge in [0.1, 0.15) is 0 Å². The molecule has 3 aliphatic rings. The first-order chi connectivity index (χ1) is 21.8. The molecular weight excluding hydrogens is 588 g/mol. The van der Waals surface area contributed by atoms with Crippen molar-refractivity contribution in [3.63, 3.8) is 0 Å². The highest BCUT2D eigenvalue weighted by atomic mass is 35.5. The van der Waals surface area contributed by atoms with E-state index >= 15 is 0 Å². The minimum absolute atomic E-state index is 0.0873. The highest BCUT2D eigenvalue weighted by Gasteiger charge is 2.61. The van der Waals surface area contributed by atoms with Gasteiger partial charge in [-0.05, 0) is 74.3 Å². The molecule has 2 saturated carbocycles. The number of aryl methyl sites for hydroxylation is 1. The summed E-state index contributed by atoms with van der Waals surface area (Å²) in [5.41, 5.74) is 3.75. The highest BCUT2D eigenvalue weighted by molar-refractivity contribution is 6.32. The number of benzene rings is 3. The van der Waals surface area contributed by atoms with Gasteiger partial charge in [-0.1, -0.05) is 73.5 Å². The van der Waals surface area contributed by atoms with Crippen LogP contribution in [0.1, 0.15) is 65.3 Å². The van der Waals surface area contributed by atoms with Crippen molar-refractivity contribution in [3.05, 3.63) is 94.5 Å². The van der Waals surface area contributed by atoms with Crippen molar-refractivity contribution in [2.45, 2.75) is 52.1 Å². The van der Waals surface area contributed by atoms with Crippen LogP contribution in [0, 0.1) is 30.6 Å². The van der Waals surface area contributed by atoms with Crippen LogP contribution in [0.3, 0.4) is 0 Å². The van der Waals surface area contributed by atoms with Gasteiger partial charge in [-0.15, -0.1) is 0 Å². The zero-order valence-electron chi connectivity index (χ0n) is 25.2. The Bertz CT molecular complexity index is 1830. The molecule has 1 saturated heterocycles. The lowest BCUT2D eigenvalue weighted by molar-refractivity contribution is -0.123. The van der Waals surface area contributed by atoms with E-state index in [9.17, 15) is 19.2 Å². The number of fused-ring (bicyclic) bond motifs is 6. The molecule has 3 aromatic carbocycles. The van der Waals surface area contributed by atoms with Gasteiger partial charge in [0.15, 0.2) is 6.10 Å². The molecule has 7 rings (SSSR count). The Balaban J connectivity index is 1.22. The zero-order valence-corrected chi connectivity index (χ0v) is 25.9. The number of hydrogen-bond acceptors (Lipinski definition) is 6. The van der Waals surface area contributed by atoms with Gasteiger partial charge in [0.2, 0.25) is 17.6 Å². The predicted molar refractivity (Wildman–Crippen MR) is 172 cm³/mol. The number of anilines is 1. The summed E-state index contributed by atoms with van der Waals surface area (Å²) < 4.78 is 5.90. The summed E-state index contributed by atoms with van der Waals surface area (Å²) in [6, 6.07) is 21.1. The van der Waals surface area contributed by atoms with Crippen molar-refractivity contribution in [2.75, 3.05) is 4.90 Å². The van der Waals surface area contributed by atoms with Gasteiger partial charge < -0.3 is 4.74 Å². The summed E-state index contributed by atoms with van der Waals surface area (Å²) in [5, 5.41) is 1.08. The van der Waals surface area contributed by atoms with Gasteiger partial charge in [-0.2, -0.15) is 0 Å². The first kappa shape index (κ1) is 29.4. The summed E-state index contributed by atoms with van der Waals surface area (Å²) in [5.74, 6) is -0.797. The maximum atomic E-state index is 13.8. The molecule has 5 atom stereocenters. The summed E-state index contributed by atoms with van der Waals surface area (Å²) >= 11 is 6.47. The smallest absolute Gasteiger partial charge is 0.339 e. The number of imide groups is 1. The van der Waals surface area contributed by atoms with Crippen molar-refractivity contribution < 1.29 is 23.9 Å². The predicted octanol–water partition coefficient (Wildman–Crippen LogP) is 7.61. The first-order valence-corrected chi connectivity index (χ1v) is 16.0. The second kappa shape index (κ2) is 11.5. The minimum Gasteiger partial charge on any atom is -0.450 e. The molecule has 1 aromatic heterocycles. The van der Waals surface area contributed by atoms with Crippen molar-refractivity contribution >= 4 is 51.8 Å². The Morgan fingerprint density at radius 1 is 0.956 bits per heavy atom. The fourth-order valence-electron chi connectivity index (χ4n) is 7.65. The maximum absolute atomic E-state index is 13.8. The molecule has 0 radical (unpaired) electrons. The molecule has 4 aromatic rings. The van der Waals surface area contributed by atoms with Gasteiger partial charge in [0.05, 0.1) is 34.3 Å². The normalized spacial score (nSPS) is 22.6. The number of amides is 2. The van der Waals surface area contributed by atoms with Crippen LogP contribution in [0.5, 0.6) is 0 Å². The third-order valence-corrected chi connectivity index (χ3v) is 10.3. The Morgan fingerprint density at radius 2 is 1.62 bits per heavy atom. The van der Waals surface area contributed by atoms with E-state index in [0.717, 1.165) is 19.3 Å². The molecule has 2 heterocycles. The Morgan fingerprint density at radius 3 is 2.27 bits per heavy atom. The summed E-state index contributed by atoms with van der Waals surface area (Å²) in [4.78, 5) is 60.0. The number of ether oxygens (including phenoxy) is 1. The number of Topliss-reactive ketones (excluding diaryl/α,β-unsaturated/α-hetero) is 1. The number of rotatable bonds is 8. The van der Waals surface area contributed by atoms with Gasteiger partial charge in [-0.25, -0.2) is 9.78 Å². The number of nitrogens with zero attached hydrogens (tertiary/aromatic N) is 2. The molecule has 7 nitrogen and oxygen atoms in total. The standard InChI is InChI=1S/C37H33ClN2O5/c1-3-7-30(34(41)22-8-5-4-6-9-22)45-37(44)27-19-29(39-33-20(2)28(38)17-16-26(27)33)21-12-14-25(15-13-21)40-35(42)31-23-10-11-24(18-23)32(31)36(40)43/h4-6,8-9,12-17,19,23-24,30-32H,3,7,10-11,18H2,1-2H3. The van der Waals surface area contributed by atoms with E-state index in [1.165, 1.54) is 4.90 Å². The fourth-order valence-corrected chi connectivity index (χ4v) is 7.80. The van der Waals surface area contributed by atoms with Crippen LogP contribution in [0.15, 0.2) is 72.8 Å². The van der Waals surface area contributed by atoms with Crippen molar-refractivity contribution in [2.24, 2.45) is 23.7 Å². The topological polar surface area (TPSA) is 93.6 Å². The Hall–Kier alpha value is -4.36. The van der Waals surface area contributed by atoms with E-state index in [1.807, 2.05) is 19.9 Å². The Kier molecular flexibility index (Phi) is 7.52. The third-order valence-electron chi connectivity index (χ3n) is 9.89. The largest absolute Gasteiger partial charge is 0.450 e. The van der Waals surface area contributed by atoms with Crippen molar-refractivity contribution in [1.29, 1.82) is 0 Å². The molecule has 8 heteroatoms. The molecule has 45 heavy (non-hydrogen) atoms. The summed E-state index contributed by atoms with van der Waals surface area (Å²) in [6.45, 7) is 3.78. The number of pyridine rings is 1. The lowest BCUT2D eigenvalue weighted by atomic mass is 9.81. The lowest BCUT2D eigenvalue weighted by Crippen LogP contribution is -2.32. The molecule has 2 bridgehead atoms. The second-order valence-corrected chi connectivity index (χ2v) is 12.9. The number of hydrogen-bond donors (Lipinski definition) is 0. The van der Waals surface area contributed by atoms with E-state index in [2.05, 4.69) is 0 Å². The van der Waals surface area contributed by atoms with E-state index < -0.39 is 12.1 Å². The van der Waals surface area contributed by atoms with Crippen LogP contribution in [0.2, 0.25) is 5.02 Å². The van der Waals surface area contributed by atoms with Gasteiger partial charge >= 0.3 is 5.97 Å². The Labute approximate surface area is 266 Å². The number of carbonyl (C=O) groups excluding carboxylic acids is 4. The quantitative estimate of drug-likeness (QED) is 0.114. The molecule has 0 N–H and O–H groups in total. The molecule has 2 aliphatic carbocycles. The third kappa shape index (κ3) is 4.94. The van der Waals surface area contributed by atoms with Gasteiger partial charge in [-0.3, -0.25) is 19.3 Å². The van der Waals surface area contributed by atoms with E-state index in [0.29, 0.717) is 68.7 Å².